The van der Waals surface area contributed by atoms with Crippen LogP contribution in [0.5, 0.6) is 0 Å². The number of unbranched alkanes of at least 4 members (excludes halogenated alkanes) is 7. The second-order valence-electron chi connectivity index (χ2n) is 22.6. The van der Waals surface area contributed by atoms with Crippen molar-refractivity contribution in [3.05, 3.63) is 106 Å². The number of alkyl halides is 2. The molecule has 1 unspecified atom stereocenters. The lowest BCUT2D eigenvalue weighted by Gasteiger charge is -2.38. The quantitative estimate of drug-likeness (QED) is 0.0234. The van der Waals surface area contributed by atoms with Crippen LogP contribution in [0, 0.1) is 11.8 Å². The van der Waals surface area contributed by atoms with Crippen molar-refractivity contribution < 1.29 is 61.5 Å². The van der Waals surface area contributed by atoms with Gasteiger partial charge in [-0.25, -0.2) is 0 Å². The molecule has 0 bridgehead atoms. The molecular weight excluding hydrogens is 1110 g/mol. The first-order valence-electron chi connectivity index (χ1n) is 28.9. The zero-order valence-electron chi connectivity index (χ0n) is 48.0. The van der Waals surface area contributed by atoms with E-state index in [0.29, 0.717) is 56.3 Å². The van der Waals surface area contributed by atoms with Crippen LogP contribution in [-0.4, -0.2) is 160 Å². The summed E-state index contributed by atoms with van der Waals surface area (Å²) in [5, 5.41) is 14.6. The summed E-state index contributed by atoms with van der Waals surface area (Å²) >= 11 is 0. The van der Waals surface area contributed by atoms with E-state index in [4.69, 9.17) is 5.73 Å². The molecule has 84 heavy (non-hydrogen) atoms. The van der Waals surface area contributed by atoms with Crippen molar-refractivity contribution in [2.75, 3.05) is 47.3 Å². The molecule has 3 fully saturated rings. The van der Waals surface area contributed by atoms with E-state index in [9.17, 15) is 61.5 Å². The number of likely N-dealkylation sites (N-methyl/N-ethyl adjacent to an activating group) is 2. The van der Waals surface area contributed by atoms with Gasteiger partial charge < -0.3 is 51.5 Å². The molecule has 0 aliphatic carbocycles. The van der Waals surface area contributed by atoms with E-state index in [1.807, 2.05) is 48.3 Å². The first-order chi connectivity index (χ1) is 40.0. The summed E-state index contributed by atoms with van der Waals surface area (Å²) in [7, 11) is -0.846. The molecule has 7 rings (SSSR count). The normalized spacial score (nSPS) is 20.4. The van der Waals surface area contributed by atoms with Gasteiger partial charge >= 0.3 is 13.3 Å². The van der Waals surface area contributed by atoms with E-state index < -0.39 is 84.6 Å². The number of hydrogen-bond acceptors (Lipinski definition) is 12. The Morgan fingerprint density at radius 1 is 0.893 bits per heavy atom. The fraction of sp³-hybridized carbons (Fsp3) is 0.533. The van der Waals surface area contributed by atoms with E-state index >= 15 is 0 Å². The minimum atomic E-state index is -5.86. The highest BCUT2D eigenvalue weighted by Gasteiger charge is 2.51. The van der Waals surface area contributed by atoms with Crippen LogP contribution in [0.25, 0.3) is 0 Å². The number of hydrogen-bond donors (Lipinski definition) is 8. The molecule has 0 spiro atoms. The van der Waals surface area contributed by atoms with Crippen LogP contribution in [0.2, 0.25) is 0 Å². The fourth-order valence-electron chi connectivity index (χ4n) is 11.5. The van der Waals surface area contributed by atoms with Gasteiger partial charge in [0.1, 0.15) is 24.2 Å². The number of nitrogens with one attached hydrogen (secondary N) is 5. The zero-order chi connectivity index (χ0) is 60.7. The highest BCUT2D eigenvalue weighted by atomic mass is 31.2. The van der Waals surface area contributed by atoms with Crippen molar-refractivity contribution in [2.24, 2.45) is 5.73 Å². The summed E-state index contributed by atoms with van der Waals surface area (Å²) in [6.45, 7) is 1.43. The van der Waals surface area contributed by atoms with Crippen LogP contribution in [0.4, 0.5) is 8.78 Å². The first kappa shape index (κ1) is 64.6. The Balaban J connectivity index is 0.882. The maximum atomic E-state index is 14.7. The Morgan fingerprint density at radius 3 is 2.31 bits per heavy atom. The summed E-state index contributed by atoms with van der Waals surface area (Å²) in [5.41, 5.74) is 3.24. The summed E-state index contributed by atoms with van der Waals surface area (Å²) in [5.74, 6) is 3.07. The van der Waals surface area contributed by atoms with Gasteiger partial charge in [0, 0.05) is 74.2 Å². The average molecular weight is 1190 g/mol. The smallest absolute Gasteiger partial charge is 0.370 e. The van der Waals surface area contributed by atoms with E-state index in [1.165, 1.54) is 21.9 Å². The SMILES string of the molecule is CN1CC[C@H]2CC[C@@H](C(=O)N[C@@H](CCC(N)=O)CN[C@H](C(=O)NCCCCCCCCCC#Cc3cccc4c3CN(C3CCC(=O)NC3=O)C4=O)c3ccccc3)N2C(=O)[C@@H](NC(=O)[C@H](Cc2cccc(C(F)(F)P(=O)(O)O)c2)N(C)C)C1. The van der Waals surface area contributed by atoms with Gasteiger partial charge in [-0.2, -0.15) is 8.78 Å². The van der Waals surface area contributed by atoms with Gasteiger partial charge in [0.2, 0.25) is 41.4 Å². The first-order valence-corrected chi connectivity index (χ1v) is 30.6. The van der Waals surface area contributed by atoms with Gasteiger partial charge in [-0.15, -0.1) is 0 Å². The number of nitrogens with two attached hydrogens (primary N) is 1. The summed E-state index contributed by atoms with van der Waals surface area (Å²) in [4.78, 5) is 132. The molecular formula is C60H79F2N10O11P. The molecule has 454 valence electrons. The van der Waals surface area contributed by atoms with Crippen LogP contribution in [-0.2, 0) is 56.8 Å². The number of nitrogens with zero attached hydrogens (tertiary/aromatic N) is 4. The molecule has 0 saturated carbocycles. The maximum Gasteiger partial charge on any atom is 0.399 e. The minimum Gasteiger partial charge on any atom is -0.370 e. The predicted molar refractivity (Wildman–Crippen MR) is 308 cm³/mol. The van der Waals surface area contributed by atoms with Crippen molar-refractivity contribution >= 4 is 54.9 Å². The largest absolute Gasteiger partial charge is 0.399 e. The third-order valence-corrected chi connectivity index (χ3v) is 17.1. The second kappa shape index (κ2) is 29.7. The van der Waals surface area contributed by atoms with Crippen molar-refractivity contribution in [1.29, 1.82) is 0 Å². The van der Waals surface area contributed by atoms with Gasteiger partial charge in [-0.05, 0) is 114 Å². The van der Waals surface area contributed by atoms with Crippen LogP contribution in [0.1, 0.15) is 141 Å². The summed E-state index contributed by atoms with van der Waals surface area (Å²) in [6, 6.07) is 13.5. The molecule has 9 N–H and O–H groups in total. The maximum absolute atomic E-state index is 14.7. The molecule has 0 radical (unpaired) electrons. The van der Waals surface area contributed by atoms with Crippen molar-refractivity contribution in [1.82, 2.24) is 46.2 Å². The van der Waals surface area contributed by atoms with Gasteiger partial charge in [0.15, 0.2) is 0 Å². The number of carbonyl (C=O) groups excluding carboxylic acids is 8. The molecule has 4 aliphatic heterocycles. The van der Waals surface area contributed by atoms with Crippen LogP contribution < -0.4 is 32.3 Å². The van der Waals surface area contributed by atoms with Gasteiger partial charge in [0.25, 0.3) is 5.91 Å². The van der Waals surface area contributed by atoms with Crippen molar-refractivity contribution in [3.8, 4) is 11.8 Å². The molecule has 8 amide bonds. The minimum absolute atomic E-state index is 0.0669. The fourth-order valence-corrected chi connectivity index (χ4v) is 11.9. The Hall–Kier alpha value is -6.93. The van der Waals surface area contributed by atoms with E-state index in [-0.39, 0.29) is 74.6 Å². The molecule has 3 saturated heterocycles. The summed E-state index contributed by atoms with van der Waals surface area (Å²) < 4.78 is 41.0. The molecule has 4 heterocycles. The highest BCUT2D eigenvalue weighted by Crippen LogP contribution is 2.59. The van der Waals surface area contributed by atoms with E-state index in [1.54, 1.807) is 31.1 Å². The number of halogens is 2. The van der Waals surface area contributed by atoms with Gasteiger partial charge in [0.05, 0.1) is 6.04 Å². The number of rotatable bonds is 27. The lowest BCUT2D eigenvalue weighted by Crippen LogP contribution is -2.62. The molecule has 4 aliphatic rings. The number of benzene rings is 3. The Bertz CT molecular complexity index is 2990. The number of imide groups is 1. The predicted octanol–water partition coefficient (Wildman–Crippen LogP) is 3.70. The lowest BCUT2D eigenvalue weighted by atomic mass is 10.0. The van der Waals surface area contributed by atoms with E-state index in [2.05, 4.69) is 38.4 Å². The van der Waals surface area contributed by atoms with Crippen LogP contribution in [0.15, 0.2) is 72.8 Å². The van der Waals surface area contributed by atoms with Crippen molar-refractivity contribution in [2.45, 2.75) is 157 Å². The van der Waals surface area contributed by atoms with Crippen LogP contribution >= 0.6 is 7.60 Å². The average Bonchev–Trinajstić information content (AvgIpc) is 2.53. The number of primary amides is 1. The Morgan fingerprint density at radius 2 is 1.61 bits per heavy atom. The summed E-state index contributed by atoms with van der Waals surface area (Å²) in [6.07, 6.45) is 9.14. The topological polar surface area (TPSA) is 293 Å². The third kappa shape index (κ3) is 16.9. The lowest BCUT2D eigenvalue weighted by molar-refractivity contribution is -0.145. The van der Waals surface area contributed by atoms with Crippen LogP contribution in [0.3, 0.4) is 0 Å². The number of carbonyl (C=O) groups is 8. The second-order valence-corrected chi connectivity index (χ2v) is 24.2. The molecule has 3 aromatic carbocycles. The van der Waals surface area contributed by atoms with Gasteiger partial charge in [-0.3, -0.25) is 53.1 Å². The van der Waals surface area contributed by atoms with Crippen molar-refractivity contribution in [3.63, 3.8) is 0 Å². The molecule has 0 aromatic heterocycles. The molecule has 24 heteroatoms. The number of piperidine rings is 1. The molecule has 7 atom stereocenters. The van der Waals surface area contributed by atoms with E-state index in [0.717, 1.165) is 68.2 Å². The molecule has 3 aromatic rings. The third-order valence-electron chi connectivity index (χ3n) is 16.1. The number of fused-ring (bicyclic) bond motifs is 2. The number of amides is 8. The Labute approximate surface area is 489 Å². The Kier molecular flexibility index (Phi) is 22.9. The standard InChI is InChI=1S/C60H79F2N10O11P/c1-69(2)50(35-39-18-16-23-42(34-39)60(61,62)84(81,82)83)56(77)67-47-38-70(3)33-31-44-26-27-49(72(44)59(47)80)55(76)66-43(25-29-51(63)73)36-65-53(41-20-13-11-14-21-41)57(78)64-32-15-10-8-6-4-5-7-9-12-19-40-22-17-24-45-46(40)37-71(58(45)79)48-28-30-52(74)68-54(48)75/h11,13-14,16-18,20-24,34,43-44,47-50,53,65H,4-10,15,25-33,35-38H2,1-3H3,(H2,63,73)(H,64,78)(H,66,76)(H,67,77)(H,68,74,75)(H2,81,82,83)/t43-,44+,47-,48?,49-,50-,53-/m0/s1. The monoisotopic (exact) mass is 1180 g/mol. The van der Waals surface area contributed by atoms with Gasteiger partial charge in [-0.1, -0.05) is 98.5 Å². The zero-order valence-corrected chi connectivity index (χ0v) is 48.9. The molecule has 21 nitrogen and oxygen atoms in total. The highest BCUT2D eigenvalue weighted by molar-refractivity contribution is 7.52.